The summed E-state index contributed by atoms with van der Waals surface area (Å²) in [6.45, 7) is 0.696. The van der Waals surface area contributed by atoms with Crippen molar-refractivity contribution in [3.63, 3.8) is 0 Å². The molecule has 1 amide bonds. The number of carbonyl (C=O) groups is 1. The number of benzene rings is 2. The first-order chi connectivity index (χ1) is 13.7. The number of nitrogens with zero attached hydrogens (tertiary/aromatic N) is 3. The summed E-state index contributed by atoms with van der Waals surface area (Å²) in [5.74, 6) is 0.404. The molecule has 0 bridgehead atoms. The van der Waals surface area contributed by atoms with Gasteiger partial charge >= 0.3 is 0 Å². The second-order valence-electron chi connectivity index (χ2n) is 7.19. The monoisotopic (exact) mass is 375 g/mol. The number of aryl methyl sites for hydroxylation is 1. The molecule has 1 aliphatic rings. The highest BCUT2D eigenvalue weighted by atomic mass is 16.5. The van der Waals surface area contributed by atoms with E-state index in [1.165, 1.54) is 0 Å². The molecule has 4 rings (SSSR count). The Kier molecular flexibility index (Phi) is 5.01. The molecule has 144 valence electrons. The molecule has 1 aliphatic heterocycles. The van der Waals surface area contributed by atoms with Crippen LogP contribution in [0.2, 0.25) is 0 Å². The number of hydrogen-bond donors (Lipinski definition) is 0. The molecule has 3 aromatic rings. The number of imidazole rings is 1. The van der Waals surface area contributed by atoms with Gasteiger partial charge in [-0.15, -0.1) is 0 Å². The summed E-state index contributed by atoms with van der Waals surface area (Å²) >= 11 is 0. The standard InChI is InChI=1S/C23H25N3O2/c1-25-17-15-24-21(25)22(27)26-16-9-14-20(26)23(28-2,18-10-5-3-6-11-18)19-12-7-4-8-13-19/h3-8,10-13,15,17,20H,9,14,16H2,1-2H3. The lowest BCUT2D eigenvalue weighted by molar-refractivity contribution is -0.0364. The molecule has 0 aliphatic carbocycles. The van der Waals surface area contributed by atoms with Crippen LogP contribution in [0, 0.1) is 0 Å². The Hall–Kier alpha value is -2.92. The van der Waals surface area contributed by atoms with Gasteiger partial charge < -0.3 is 14.2 Å². The minimum atomic E-state index is -0.736. The van der Waals surface area contributed by atoms with Crippen LogP contribution in [0.1, 0.15) is 34.6 Å². The third-order valence-electron chi connectivity index (χ3n) is 5.72. The van der Waals surface area contributed by atoms with Crippen LogP contribution in [-0.4, -0.2) is 40.1 Å². The first-order valence-corrected chi connectivity index (χ1v) is 9.63. The second kappa shape index (κ2) is 7.60. The van der Waals surface area contributed by atoms with Crippen LogP contribution in [-0.2, 0) is 17.4 Å². The highest BCUT2D eigenvalue weighted by Gasteiger charge is 2.49. The van der Waals surface area contributed by atoms with Crippen LogP contribution < -0.4 is 0 Å². The van der Waals surface area contributed by atoms with Crippen molar-refractivity contribution in [3.05, 3.63) is 90.0 Å². The highest BCUT2D eigenvalue weighted by Crippen LogP contribution is 2.43. The average Bonchev–Trinajstić information content (AvgIpc) is 3.40. The van der Waals surface area contributed by atoms with Gasteiger partial charge in [-0.25, -0.2) is 4.98 Å². The summed E-state index contributed by atoms with van der Waals surface area (Å²) in [7, 11) is 3.59. The Morgan fingerprint density at radius 2 is 1.68 bits per heavy atom. The molecule has 0 N–H and O–H groups in total. The Morgan fingerprint density at radius 3 is 2.18 bits per heavy atom. The Morgan fingerprint density at radius 1 is 1.07 bits per heavy atom. The van der Waals surface area contributed by atoms with Gasteiger partial charge in [-0.1, -0.05) is 60.7 Å². The van der Waals surface area contributed by atoms with Crippen molar-refractivity contribution in [2.75, 3.05) is 13.7 Å². The third kappa shape index (κ3) is 2.92. The number of amides is 1. The first kappa shape index (κ1) is 18.4. The van der Waals surface area contributed by atoms with Gasteiger partial charge in [-0.2, -0.15) is 0 Å². The van der Waals surface area contributed by atoms with Crippen molar-refractivity contribution in [1.29, 1.82) is 0 Å². The number of ether oxygens (including phenoxy) is 1. The molecule has 1 atom stereocenters. The fourth-order valence-electron chi connectivity index (χ4n) is 4.43. The normalized spacial score (nSPS) is 17.1. The van der Waals surface area contributed by atoms with E-state index in [1.807, 2.05) is 48.3 Å². The smallest absolute Gasteiger partial charge is 0.290 e. The Labute approximate surface area is 165 Å². The molecule has 0 radical (unpaired) electrons. The van der Waals surface area contributed by atoms with Gasteiger partial charge in [0, 0.05) is 33.1 Å². The topological polar surface area (TPSA) is 47.4 Å². The van der Waals surface area contributed by atoms with Crippen molar-refractivity contribution in [2.24, 2.45) is 7.05 Å². The first-order valence-electron chi connectivity index (χ1n) is 9.63. The molecule has 1 fully saturated rings. The molecule has 1 saturated heterocycles. The van der Waals surface area contributed by atoms with Crippen LogP contribution in [0.3, 0.4) is 0 Å². The number of aromatic nitrogens is 2. The van der Waals surface area contributed by atoms with Crippen LogP contribution >= 0.6 is 0 Å². The molecular formula is C23H25N3O2. The average molecular weight is 375 g/mol. The van der Waals surface area contributed by atoms with Gasteiger partial charge in [0.15, 0.2) is 5.82 Å². The predicted molar refractivity (Wildman–Crippen MR) is 108 cm³/mol. The lowest BCUT2D eigenvalue weighted by atomic mass is 9.78. The molecule has 1 unspecified atom stereocenters. The molecule has 2 heterocycles. The zero-order valence-electron chi connectivity index (χ0n) is 16.3. The molecule has 5 heteroatoms. The predicted octanol–water partition coefficient (Wildman–Crippen LogP) is 3.61. The Bertz CT molecular complexity index is 897. The maximum absolute atomic E-state index is 13.4. The van der Waals surface area contributed by atoms with E-state index in [1.54, 1.807) is 24.1 Å². The summed E-state index contributed by atoms with van der Waals surface area (Å²) < 4.78 is 8.08. The van der Waals surface area contributed by atoms with Gasteiger partial charge in [0.1, 0.15) is 5.60 Å². The fourth-order valence-corrected chi connectivity index (χ4v) is 4.43. The van der Waals surface area contributed by atoms with E-state index in [4.69, 9.17) is 4.74 Å². The van der Waals surface area contributed by atoms with Gasteiger partial charge in [-0.05, 0) is 24.0 Å². The summed E-state index contributed by atoms with van der Waals surface area (Å²) in [5.41, 5.74) is 1.36. The molecule has 0 spiro atoms. The molecule has 0 saturated carbocycles. The van der Waals surface area contributed by atoms with E-state index in [9.17, 15) is 4.79 Å². The fraction of sp³-hybridized carbons (Fsp3) is 0.304. The second-order valence-corrected chi connectivity index (χ2v) is 7.19. The number of rotatable bonds is 5. The van der Waals surface area contributed by atoms with Crippen LogP contribution in [0.15, 0.2) is 73.1 Å². The van der Waals surface area contributed by atoms with Crippen LogP contribution in [0.5, 0.6) is 0 Å². The van der Waals surface area contributed by atoms with E-state index in [0.29, 0.717) is 12.4 Å². The van der Waals surface area contributed by atoms with Crippen LogP contribution in [0.25, 0.3) is 0 Å². The lowest BCUT2D eigenvalue weighted by Crippen LogP contribution is -2.52. The van der Waals surface area contributed by atoms with Gasteiger partial charge in [0.2, 0.25) is 0 Å². The third-order valence-corrected chi connectivity index (χ3v) is 5.72. The molecule has 5 nitrogen and oxygen atoms in total. The minimum absolute atomic E-state index is 0.0525. The molecular weight excluding hydrogens is 350 g/mol. The van der Waals surface area contributed by atoms with Gasteiger partial charge in [-0.3, -0.25) is 4.79 Å². The maximum atomic E-state index is 13.4. The van der Waals surface area contributed by atoms with Crippen LogP contribution in [0.4, 0.5) is 0 Å². The van der Waals surface area contributed by atoms with Crippen molar-refractivity contribution < 1.29 is 9.53 Å². The zero-order valence-corrected chi connectivity index (χ0v) is 16.3. The molecule has 2 aromatic carbocycles. The van der Waals surface area contributed by atoms with Crippen molar-refractivity contribution >= 4 is 5.91 Å². The number of hydrogen-bond acceptors (Lipinski definition) is 3. The van der Waals surface area contributed by atoms with Gasteiger partial charge in [0.25, 0.3) is 5.91 Å². The highest BCUT2D eigenvalue weighted by molar-refractivity contribution is 5.91. The van der Waals surface area contributed by atoms with E-state index in [2.05, 4.69) is 29.2 Å². The summed E-state index contributed by atoms with van der Waals surface area (Å²) in [5, 5.41) is 0. The maximum Gasteiger partial charge on any atom is 0.290 e. The number of methoxy groups -OCH3 is 1. The molecule has 28 heavy (non-hydrogen) atoms. The molecule has 1 aromatic heterocycles. The summed E-state index contributed by atoms with van der Waals surface area (Å²) in [6.07, 6.45) is 5.27. The van der Waals surface area contributed by atoms with Crippen molar-refractivity contribution in [1.82, 2.24) is 14.5 Å². The number of likely N-dealkylation sites (tertiary alicyclic amines) is 1. The minimum Gasteiger partial charge on any atom is -0.367 e. The SMILES string of the molecule is COC(c1ccccc1)(c1ccccc1)C1CCCN1C(=O)c1nccn1C. The van der Waals surface area contributed by atoms with E-state index in [-0.39, 0.29) is 11.9 Å². The summed E-state index contributed by atoms with van der Waals surface area (Å²) in [4.78, 5) is 19.6. The van der Waals surface area contributed by atoms with Gasteiger partial charge in [0.05, 0.1) is 6.04 Å². The van der Waals surface area contributed by atoms with Crippen molar-refractivity contribution in [2.45, 2.75) is 24.5 Å². The van der Waals surface area contributed by atoms with Crippen molar-refractivity contribution in [3.8, 4) is 0 Å². The van der Waals surface area contributed by atoms with E-state index in [0.717, 1.165) is 24.0 Å². The Balaban J connectivity index is 1.84. The lowest BCUT2D eigenvalue weighted by Gasteiger charge is -2.42. The summed E-state index contributed by atoms with van der Waals surface area (Å²) in [6, 6.07) is 20.3. The quantitative estimate of drug-likeness (QED) is 0.684. The zero-order chi connectivity index (χ0) is 19.6. The van der Waals surface area contributed by atoms with E-state index >= 15 is 0 Å². The largest absolute Gasteiger partial charge is 0.367 e. The van der Waals surface area contributed by atoms with E-state index < -0.39 is 5.60 Å². The number of carbonyl (C=O) groups excluding carboxylic acids is 1.